The SMILES string of the molecule is Cc1cc(C=C2SC(=O)N(C(C)C3CCCCC3)C2=O)cc(C)c1O. The summed E-state index contributed by atoms with van der Waals surface area (Å²) in [6, 6.07) is 3.63. The minimum absolute atomic E-state index is 0.0398. The van der Waals surface area contributed by atoms with Gasteiger partial charge in [-0.1, -0.05) is 19.3 Å². The molecule has 0 spiro atoms. The number of rotatable bonds is 3. The van der Waals surface area contributed by atoms with Crippen LogP contribution in [0, 0.1) is 19.8 Å². The Bertz CT molecular complexity index is 711. The number of carbonyl (C=O) groups excluding carboxylic acids is 2. The summed E-state index contributed by atoms with van der Waals surface area (Å²) >= 11 is 1.02. The molecule has 1 unspecified atom stereocenters. The Morgan fingerprint density at radius 1 is 1.16 bits per heavy atom. The van der Waals surface area contributed by atoms with Gasteiger partial charge in [-0.3, -0.25) is 14.5 Å². The molecule has 1 saturated heterocycles. The molecule has 1 aliphatic carbocycles. The van der Waals surface area contributed by atoms with E-state index in [1.54, 1.807) is 6.08 Å². The summed E-state index contributed by atoms with van der Waals surface area (Å²) < 4.78 is 0. The topological polar surface area (TPSA) is 57.6 Å². The minimum Gasteiger partial charge on any atom is -0.507 e. The molecule has 0 aromatic heterocycles. The quantitative estimate of drug-likeness (QED) is 0.770. The molecule has 2 aliphatic rings. The number of nitrogens with zero attached hydrogens (tertiary/aromatic N) is 1. The number of amides is 2. The number of carbonyl (C=O) groups is 2. The first-order chi connectivity index (χ1) is 11.9. The van der Waals surface area contributed by atoms with Crippen LogP contribution in [0.1, 0.15) is 55.7 Å². The van der Waals surface area contributed by atoms with Crippen molar-refractivity contribution >= 4 is 29.0 Å². The van der Waals surface area contributed by atoms with E-state index in [4.69, 9.17) is 0 Å². The zero-order valence-electron chi connectivity index (χ0n) is 15.0. The number of hydrogen-bond acceptors (Lipinski definition) is 4. The maximum atomic E-state index is 12.8. The highest BCUT2D eigenvalue weighted by atomic mass is 32.2. The van der Waals surface area contributed by atoms with Crippen LogP contribution in [0.25, 0.3) is 6.08 Å². The number of phenols is 1. The van der Waals surface area contributed by atoms with Gasteiger partial charge in [0.1, 0.15) is 5.75 Å². The van der Waals surface area contributed by atoms with Gasteiger partial charge in [-0.05, 0) is 86.2 Å². The molecule has 1 aliphatic heterocycles. The van der Waals surface area contributed by atoms with Gasteiger partial charge in [0.2, 0.25) is 0 Å². The molecule has 4 nitrogen and oxygen atoms in total. The molecule has 1 saturated carbocycles. The van der Waals surface area contributed by atoms with Gasteiger partial charge in [-0.2, -0.15) is 0 Å². The molecular weight excluding hydrogens is 334 g/mol. The lowest BCUT2D eigenvalue weighted by molar-refractivity contribution is -0.125. The smallest absolute Gasteiger partial charge is 0.293 e. The first kappa shape index (κ1) is 18.1. The predicted octanol–water partition coefficient (Wildman–Crippen LogP) is 5.01. The summed E-state index contributed by atoms with van der Waals surface area (Å²) in [6.45, 7) is 5.66. The summed E-state index contributed by atoms with van der Waals surface area (Å²) in [5.74, 6) is 0.507. The van der Waals surface area contributed by atoms with Crippen LogP contribution < -0.4 is 0 Å². The highest BCUT2D eigenvalue weighted by Crippen LogP contribution is 2.38. The van der Waals surface area contributed by atoms with Crippen LogP contribution in [0.2, 0.25) is 0 Å². The first-order valence-electron chi connectivity index (χ1n) is 8.95. The van der Waals surface area contributed by atoms with Gasteiger partial charge in [0, 0.05) is 6.04 Å². The van der Waals surface area contributed by atoms with Crippen molar-refractivity contribution in [3.63, 3.8) is 0 Å². The van der Waals surface area contributed by atoms with Gasteiger partial charge in [-0.15, -0.1) is 0 Å². The average molecular weight is 359 g/mol. The van der Waals surface area contributed by atoms with Crippen LogP contribution >= 0.6 is 11.8 Å². The van der Waals surface area contributed by atoms with Crippen molar-refractivity contribution in [2.45, 2.75) is 58.9 Å². The summed E-state index contributed by atoms with van der Waals surface area (Å²) in [7, 11) is 0. The number of phenolic OH excluding ortho intramolecular Hbond substituents is 1. The molecular formula is C20H25NO3S. The molecule has 5 heteroatoms. The monoisotopic (exact) mass is 359 g/mol. The number of hydrogen-bond donors (Lipinski definition) is 1. The molecule has 0 bridgehead atoms. The van der Waals surface area contributed by atoms with E-state index in [0.717, 1.165) is 41.3 Å². The largest absolute Gasteiger partial charge is 0.507 e. The third-order valence-corrected chi connectivity index (χ3v) is 6.26. The van der Waals surface area contributed by atoms with Gasteiger partial charge in [0.05, 0.1) is 4.91 Å². The molecule has 1 N–H and O–H groups in total. The van der Waals surface area contributed by atoms with Crippen molar-refractivity contribution in [3.8, 4) is 5.75 Å². The van der Waals surface area contributed by atoms with Crippen LogP contribution in [-0.2, 0) is 4.79 Å². The average Bonchev–Trinajstić information content (AvgIpc) is 2.86. The van der Waals surface area contributed by atoms with Crippen LogP contribution in [-0.4, -0.2) is 27.2 Å². The van der Waals surface area contributed by atoms with Gasteiger partial charge >= 0.3 is 0 Å². The fourth-order valence-corrected chi connectivity index (χ4v) is 4.80. The van der Waals surface area contributed by atoms with E-state index >= 15 is 0 Å². The molecule has 25 heavy (non-hydrogen) atoms. The number of imide groups is 1. The van der Waals surface area contributed by atoms with Gasteiger partial charge in [-0.25, -0.2) is 0 Å². The summed E-state index contributed by atoms with van der Waals surface area (Å²) in [5.41, 5.74) is 2.37. The minimum atomic E-state index is -0.184. The lowest BCUT2D eigenvalue weighted by Gasteiger charge is -2.32. The van der Waals surface area contributed by atoms with E-state index < -0.39 is 0 Å². The zero-order chi connectivity index (χ0) is 18.1. The van der Waals surface area contributed by atoms with E-state index in [1.807, 2.05) is 32.9 Å². The van der Waals surface area contributed by atoms with Gasteiger partial charge < -0.3 is 5.11 Å². The highest BCUT2D eigenvalue weighted by molar-refractivity contribution is 8.18. The Morgan fingerprint density at radius 2 is 1.76 bits per heavy atom. The van der Waals surface area contributed by atoms with E-state index in [9.17, 15) is 14.7 Å². The molecule has 1 aromatic rings. The highest BCUT2D eigenvalue weighted by Gasteiger charge is 2.40. The molecule has 1 atom stereocenters. The van der Waals surface area contributed by atoms with Crippen LogP contribution in [0.3, 0.4) is 0 Å². The lowest BCUT2D eigenvalue weighted by Crippen LogP contribution is -2.42. The molecule has 2 amide bonds. The van der Waals surface area contributed by atoms with E-state index in [0.29, 0.717) is 10.8 Å². The maximum absolute atomic E-state index is 12.8. The third kappa shape index (κ3) is 3.61. The molecule has 3 rings (SSSR count). The van der Waals surface area contributed by atoms with Crippen molar-refractivity contribution in [2.24, 2.45) is 5.92 Å². The summed E-state index contributed by atoms with van der Waals surface area (Å²) in [6.07, 6.45) is 7.58. The number of aromatic hydroxyl groups is 1. The molecule has 2 fully saturated rings. The Balaban J connectivity index is 1.83. The van der Waals surface area contributed by atoms with Crippen molar-refractivity contribution in [1.29, 1.82) is 0 Å². The van der Waals surface area contributed by atoms with Crippen molar-refractivity contribution in [3.05, 3.63) is 33.7 Å². The molecule has 134 valence electrons. The van der Waals surface area contributed by atoms with E-state index in [2.05, 4.69) is 0 Å². The van der Waals surface area contributed by atoms with Crippen molar-refractivity contribution in [1.82, 2.24) is 4.90 Å². The summed E-state index contributed by atoms with van der Waals surface area (Å²) in [4.78, 5) is 27.2. The van der Waals surface area contributed by atoms with E-state index in [1.165, 1.54) is 24.2 Å². The zero-order valence-corrected chi connectivity index (χ0v) is 15.9. The predicted molar refractivity (Wildman–Crippen MR) is 101 cm³/mol. The fourth-order valence-electron chi connectivity index (χ4n) is 3.88. The normalized spacial score (nSPS) is 22.0. The van der Waals surface area contributed by atoms with Gasteiger partial charge in [0.15, 0.2) is 0 Å². The summed E-state index contributed by atoms with van der Waals surface area (Å²) in [5, 5.41) is 9.72. The van der Waals surface area contributed by atoms with Crippen molar-refractivity contribution in [2.75, 3.05) is 0 Å². The van der Waals surface area contributed by atoms with Crippen LogP contribution in [0.5, 0.6) is 5.75 Å². The second kappa shape index (κ2) is 7.24. The second-order valence-corrected chi connectivity index (χ2v) is 8.19. The first-order valence-corrected chi connectivity index (χ1v) is 9.77. The lowest BCUT2D eigenvalue weighted by atomic mass is 9.84. The Kier molecular flexibility index (Phi) is 5.23. The Hall–Kier alpha value is -1.75. The number of benzene rings is 1. The third-order valence-electron chi connectivity index (χ3n) is 5.37. The van der Waals surface area contributed by atoms with Crippen molar-refractivity contribution < 1.29 is 14.7 Å². The standard InChI is InChI=1S/C20H25NO3S/c1-12-9-15(10-13(2)18(12)22)11-17-19(23)21(20(24)25-17)14(3)16-7-5-4-6-8-16/h9-11,14,16,22H,4-8H2,1-3H3. The Labute approximate surface area is 153 Å². The Morgan fingerprint density at radius 3 is 2.36 bits per heavy atom. The maximum Gasteiger partial charge on any atom is 0.293 e. The van der Waals surface area contributed by atoms with E-state index in [-0.39, 0.29) is 22.9 Å². The number of thioether (sulfide) groups is 1. The molecule has 0 radical (unpaired) electrons. The number of aryl methyl sites for hydroxylation is 2. The van der Waals surface area contributed by atoms with Crippen LogP contribution in [0.4, 0.5) is 4.79 Å². The second-order valence-electron chi connectivity index (χ2n) is 7.19. The van der Waals surface area contributed by atoms with Crippen LogP contribution in [0.15, 0.2) is 17.0 Å². The molecule has 1 aromatic carbocycles. The van der Waals surface area contributed by atoms with Gasteiger partial charge in [0.25, 0.3) is 11.1 Å². The fraction of sp³-hybridized carbons (Fsp3) is 0.500. The molecule has 1 heterocycles.